The molecule has 14 nitrogen and oxygen atoms in total. The number of amides is 3. The van der Waals surface area contributed by atoms with E-state index in [9.17, 15) is 23.6 Å². The lowest BCUT2D eigenvalue weighted by molar-refractivity contribution is -0.127. The van der Waals surface area contributed by atoms with Gasteiger partial charge in [-0.15, -0.1) is 0 Å². The summed E-state index contributed by atoms with van der Waals surface area (Å²) >= 11 is 6.57. The number of morpholine rings is 2. The third kappa shape index (κ3) is 11.8. The number of halogens is 3. The summed E-state index contributed by atoms with van der Waals surface area (Å²) < 4.78 is 32.3. The van der Waals surface area contributed by atoms with Crippen molar-refractivity contribution < 1.29 is 37.8 Å². The Balaban J connectivity index is 0.000000206. The van der Waals surface area contributed by atoms with Crippen molar-refractivity contribution in [1.29, 1.82) is 0 Å². The molecule has 4 aliphatic heterocycles. The van der Waals surface area contributed by atoms with Gasteiger partial charge in [-0.05, 0) is 79.9 Å². The summed E-state index contributed by atoms with van der Waals surface area (Å²) in [6.45, 7) is 8.42. The summed E-state index contributed by atoms with van der Waals surface area (Å²) in [6, 6.07) is 14.3. The highest BCUT2D eigenvalue weighted by molar-refractivity contribution is 9.10. The average molecular weight is 936 g/mol. The summed E-state index contributed by atoms with van der Waals surface area (Å²) in [5.74, 6) is 3.53. The number of carbonyl (C=O) groups is 4. The first kappa shape index (κ1) is 43.6. The van der Waals surface area contributed by atoms with Crippen LogP contribution in [0.4, 0.5) is 4.39 Å². The minimum atomic E-state index is -1.44. The first-order valence-corrected chi connectivity index (χ1v) is 20.4. The topological polar surface area (TPSA) is 156 Å². The van der Waals surface area contributed by atoms with E-state index in [2.05, 4.69) is 79.8 Å². The van der Waals surface area contributed by atoms with E-state index in [0.29, 0.717) is 42.9 Å². The minimum Gasteiger partial charge on any atom is -0.494 e. The number of hydrogen-bond donors (Lipinski definition) is 1. The van der Waals surface area contributed by atoms with E-state index in [4.69, 9.17) is 14.2 Å². The number of rotatable bonds is 8. The van der Waals surface area contributed by atoms with Crippen molar-refractivity contribution in [2.45, 2.75) is 26.1 Å². The summed E-state index contributed by atoms with van der Waals surface area (Å²) in [7, 11) is 1.32. The van der Waals surface area contributed by atoms with Crippen molar-refractivity contribution in [3.8, 4) is 17.6 Å². The summed E-state index contributed by atoms with van der Waals surface area (Å²) in [6.07, 6.45) is 5.59. The maximum Gasteiger partial charge on any atom is 0.257 e. The van der Waals surface area contributed by atoms with Gasteiger partial charge in [0.15, 0.2) is 17.9 Å². The van der Waals surface area contributed by atoms with Crippen molar-refractivity contribution in [2.24, 2.45) is 5.41 Å². The molecule has 4 aliphatic rings. The zero-order valence-electron chi connectivity index (χ0n) is 32.3. The molecular formula is C42H42Br2FN7O7. The Morgan fingerprint density at radius 2 is 1.46 bits per heavy atom. The molecule has 4 aromatic rings. The maximum atomic E-state index is 14.7. The van der Waals surface area contributed by atoms with Crippen molar-refractivity contribution in [1.82, 2.24) is 35.0 Å². The smallest absolute Gasteiger partial charge is 0.257 e. The molecule has 308 valence electrons. The molecule has 0 spiro atoms. The van der Waals surface area contributed by atoms with Gasteiger partial charge in [0.1, 0.15) is 11.1 Å². The van der Waals surface area contributed by atoms with Gasteiger partial charge >= 0.3 is 0 Å². The van der Waals surface area contributed by atoms with Gasteiger partial charge < -0.3 is 19.1 Å². The fourth-order valence-corrected chi connectivity index (χ4v) is 7.11. The number of ether oxygens (including phenoxy) is 3. The Morgan fingerprint density at radius 3 is 1.97 bits per heavy atom. The van der Waals surface area contributed by atoms with Crippen molar-refractivity contribution >= 4 is 55.9 Å². The van der Waals surface area contributed by atoms with E-state index in [1.165, 1.54) is 18.1 Å². The van der Waals surface area contributed by atoms with Gasteiger partial charge in [0.25, 0.3) is 5.91 Å². The second-order valence-electron chi connectivity index (χ2n) is 14.0. The standard InChI is InChI=1S/C26H25FN4O5.C10H13BrN2O.C6H4BrNO/c1-35-20-5-3-18-14-31(24(33)22(18)23(20)27)16-26(12-21(32)29-25(26)34)7-6-17-2-4-19(28-13-17)15-30-8-10-36-11-9-30;11-9-1-2-10(12-7-9)8-13-3-5-14-6-4-13;7-5-1-2-6(4-9)8-3-5/h2-5,13H,8-12,14-16H2,1H3,(H,29,32,34);1-2,7H,3-6,8H2;1-4H/t26-;;/m1../s1. The zero-order chi connectivity index (χ0) is 41.8. The lowest BCUT2D eigenvalue weighted by Gasteiger charge is -2.26. The molecule has 1 atom stereocenters. The van der Waals surface area contributed by atoms with Gasteiger partial charge in [-0.3, -0.25) is 49.2 Å². The van der Waals surface area contributed by atoms with Crippen LogP contribution in [-0.2, 0) is 38.7 Å². The van der Waals surface area contributed by atoms with Crippen LogP contribution in [-0.4, -0.2) is 120 Å². The van der Waals surface area contributed by atoms with Crippen LogP contribution >= 0.6 is 31.9 Å². The van der Waals surface area contributed by atoms with Crippen molar-refractivity contribution in [3.63, 3.8) is 0 Å². The lowest BCUT2D eigenvalue weighted by Crippen LogP contribution is -2.42. The van der Waals surface area contributed by atoms with E-state index in [-0.39, 0.29) is 30.8 Å². The van der Waals surface area contributed by atoms with Crippen LogP contribution in [0.25, 0.3) is 0 Å². The number of aldehydes is 1. The number of hydrogen-bond acceptors (Lipinski definition) is 12. The Hall–Kier alpha value is -4.96. The summed E-state index contributed by atoms with van der Waals surface area (Å²) in [4.78, 5) is 66.6. The summed E-state index contributed by atoms with van der Waals surface area (Å²) in [5.41, 5.74) is 2.02. The van der Waals surface area contributed by atoms with E-state index >= 15 is 0 Å². The van der Waals surface area contributed by atoms with Crippen LogP contribution in [0.1, 0.15) is 49.8 Å². The number of pyridine rings is 3. The van der Waals surface area contributed by atoms with Gasteiger partial charge in [0, 0.05) is 85.5 Å². The van der Waals surface area contributed by atoms with Crippen molar-refractivity contribution in [2.75, 3.05) is 66.3 Å². The molecule has 7 heterocycles. The molecule has 0 saturated carbocycles. The van der Waals surface area contributed by atoms with Crippen LogP contribution in [0.15, 0.2) is 76.1 Å². The number of benzene rings is 1. The molecule has 8 rings (SSSR count). The Labute approximate surface area is 358 Å². The lowest BCUT2D eigenvalue weighted by atomic mass is 9.85. The molecule has 59 heavy (non-hydrogen) atoms. The number of carbonyl (C=O) groups excluding carboxylic acids is 4. The molecule has 3 amide bonds. The fraction of sp³-hybridized carbons (Fsp3) is 0.357. The number of aromatic nitrogens is 3. The van der Waals surface area contributed by atoms with Gasteiger partial charge in [0.05, 0.1) is 56.9 Å². The molecule has 0 radical (unpaired) electrons. The average Bonchev–Trinajstić information content (AvgIpc) is 3.72. The maximum absolute atomic E-state index is 14.7. The van der Waals surface area contributed by atoms with Crippen LogP contribution in [0.3, 0.4) is 0 Å². The molecule has 0 bridgehead atoms. The first-order chi connectivity index (χ1) is 28.6. The molecule has 3 aromatic heterocycles. The largest absolute Gasteiger partial charge is 0.494 e. The van der Waals surface area contributed by atoms with Gasteiger partial charge in [-0.2, -0.15) is 0 Å². The molecule has 3 saturated heterocycles. The number of methoxy groups -OCH3 is 1. The van der Waals surface area contributed by atoms with E-state index in [1.54, 1.807) is 30.6 Å². The SMILES string of the molecule is Brc1ccc(CN2CCOCC2)nc1.COc1ccc2c(c1F)C(=O)N(C[C@@]1(C#Cc3ccc(CN4CCOCC4)nc3)CC(=O)NC1=O)C2.O=Cc1ccc(Br)cn1. The van der Waals surface area contributed by atoms with Gasteiger partial charge in [0.2, 0.25) is 11.8 Å². The Kier molecular flexibility index (Phi) is 15.4. The predicted octanol–water partition coefficient (Wildman–Crippen LogP) is 4.43. The Morgan fingerprint density at radius 1 is 0.847 bits per heavy atom. The van der Waals surface area contributed by atoms with E-state index < -0.39 is 29.0 Å². The second kappa shape index (κ2) is 20.8. The first-order valence-electron chi connectivity index (χ1n) is 18.8. The van der Waals surface area contributed by atoms with Gasteiger partial charge in [-0.1, -0.05) is 17.9 Å². The van der Waals surface area contributed by atoms with E-state index in [0.717, 1.165) is 66.3 Å². The number of nitrogens with zero attached hydrogens (tertiary/aromatic N) is 6. The third-order valence-corrected chi connectivity index (χ3v) is 10.7. The quantitative estimate of drug-likeness (QED) is 0.151. The normalized spacial score (nSPS) is 19.0. The van der Waals surface area contributed by atoms with Gasteiger partial charge in [-0.25, -0.2) is 4.39 Å². The number of imide groups is 1. The second-order valence-corrected chi connectivity index (χ2v) is 15.8. The molecule has 3 fully saturated rings. The molecule has 0 unspecified atom stereocenters. The predicted molar refractivity (Wildman–Crippen MR) is 220 cm³/mol. The Bertz CT molecular complexity index is 2170. The fourth-order valence-electron chi connectivity index (χ4n) is 6.64. The van der Waals surface area contributed by atoms with Crippen LogP contribution in [0.5, 0.6) is 5.75 Å². The highest BCUT2D eigenvalue weighted by atomic mass is 79.9. The van der Waals surface area contributed by atoms with Crippen molar-refractivity contribution in [3.05, 3.63) is 116 Å². The minimum absolute atomic E-state index is 0.0307. The number of nitrogens with one attached hydrogen (secondary N) is 1. The van der Waals surface area contributed by atoms with Crippen LogP contribution in [0.2, 0.25) is 0 Å². The number of fused-ring (bicyclic) bond motifs is 1. The monoisotopic (exact) mass is 933 g/mol. The highest BCUT2D eigenvalue weighted by Crippen LogP contribution is 2.35. The van der Waals surface area contributed by atoms with Crippen LogP contribution < -0.4 is 10.1 Å². The van der Waals surface area contributed by atoms with E-state index in [1.807, 2.05) is 24.4 Å². The zero-order valence-corrected chi connectivity index (χ0v) is 35.5. The molecule has 1 aromatic carbocycles. The van der Waals surface area contributed by atoms with Crippen LogP contribution in [0, 0.1) is 23.1 Å². The highest BCUT2D eigenvalue weighted by Gasteiger charge is 2.49. The molecule has 0 aliphatic carbocycles. The third-order valence-electron chi connectivity index (χ3n) is 9.79. The summed E-state index contributed by atoms with van der Waals surface area (Å²) in [5, 5.41) is 2.29. The molecule has 17 heteroatoms. The molecular weight excluding hydrogens is 893 g/mol. The molecule has 1 N–H and O–H groups in total.